The van der Waals surface area contributed by atoms with E-state index in [9.17, 15) is 9.59 Å². The first kappa shape index (κ1) is 19.9. The predicted molar refractivity (Wildman–Crippen MR) is 119 cm³/mol. The lowest BCUT2D eigenvalue weighted by molar-refractivity contribution is 0.0600. The monoisotopic (exact) mass is 481 g/mol. The molecular formula is C22H20BrN5O3. The van der Waals surface area contributed by atoms with Gasteiger partial charge in [0.15, 0.2) is 0 Å². The lowest BCUT2D eigenvalue weighted by atomic mass is 10.1. The average molecular weight is 482 g/mol. The quantitative estimate of drug-likeness (QED) is 0.416. The Morgan fingerprint density at radius 3 is 2.58 bits per heavy atom. The van der Waals surface area contributed by atoms with Crippen molar-refractivity contribution in [1.82, 2.24) is 24.1 Å². The van der Waals surface area contributed by atoms with Crippen molar-refractivity contribution < 1.29 is 9.53 Å². The standard InChI is InChI=1S/C22H20BrN5O3/c1-31-21(30)15-6-4-14(5-7-15)19(26-10-2-3-11-26)28-20(29)17-12-16(23)8-9-18(17)27-13-24-25-22(27)28/h4-9,12-13,19H,2-3,10-11H2,1H3. The summed E-state index contributed by atoms with van der Waals surface area (Å²) in [6, 6.07) is 12.8. The van der Waals surface area contributed by atoms with Gasteiger partial charge in [0, 0.05) is 17.6 Å². The number of hydrogen-bond donors (Lipinski definition) is 0. The van der Waals surface area contributed by atoms with Gasteiger partial charge < -0.3 is 4.74 Å². The second kappa shape index (κ2) is 7.90. The molecule has 0 N–H and O–H groups in total. The highest BCUT2D eigenvalue weighted by molar-refractivity contribution is 9.10. The van der Waals surface area contributed by atoms with E-state index in [1.54, 1.807) is 23.0 Å². The molecule has 1 aliphatic heterocycles. The van der Waals surface area contributed by atoms with Crippen LogP contribution in [-0.4, -0.2) is 50.2 Å². The molecule has 0 saturated carbocycles. The van der Waals surface area contributed by atoms with Gasteiger partial charge in [0.2, 0.25) is 5.78 Å². The number of hydrogen-bond acceptors (Lipinski definition) is 6. The summed E-state index contributed by atoms with van der Waals surface area (Å²) in [5, 5.41) is 8.96. The van der Waals surface area contributed by atoms with Crippen LogP contribution in [0.25, 0.3) is 16.7 Å². The van der Waals surface area contributed by atoms with Crippen LogP contribution in [0.2, 0.25) is 0 Å². The summed E-state index contributed by atoms with van der Waals surface area (Å²) in [5.74, 6) is 0.0885. The third-order valence-corrected chi connectivity index (χ3v) is 6.27. The number of carbonyl (C=O) groups excluding carboxylic acids is 1. The topological polar surface area (TPSA) is 81.7 Å². The molecule has 1 unspecified atom stereocenters. The summed E-state index contributed by atoms with van der Waals surface area (Å²) >= 11 is 3.48. The maximum absolute atomic E-state index is 13.7. The van der Waals surface area contributed by atoms with Crippen molar-refractivity contribution in [3.8, 4) is 0 Å². The zero-order chi connectivity index (χ0) is 21.5. The summed E-state index contributed by atoms with van der Waals surface area (Å²) in [7, 11) is 1.36. The number of likely N-dealkylation sites (tertiary alicyclic amines) is 1. The van der Waals surface area contributed by atoms with Crippen molar-refractivity contribution in [2.75, 3.05) is 20.2 Å². The molecule has 8 nitrogen and oxygen atoms in total. The molecule has 158 valence electrons. The molecule has 4 aromatic rings. The van der Waals surface area contributed by atoms with E-state index in [1.165, 1.54) is 7.11 Å². The molecule has 0 spiro atoms. The van der Waals surface area contributed by atoms with Gasteiger partial charge in [-0.25, -0.2) is 4.79 Å². The number of aromatic nitrogens is 4. The number of nitrogens with zero attached hydrogens (tertiary/aromatic N) is 5. The molecule has 0 radical (unpaired) electrons. The van der Waals surface area contributed by atoms with Gasteiger partial charge >= 0.3 is 5.97 Å². The summed E-state index contributed by atoms with van der Waals surface area (Å²) < 4.78 is 9.20. The minimum Gasteiger partial charge on any atom is -0.465 e. The van der Waals surface area contributed by atoms with Gasteiger partial charge in [-0.1, -0.05) is 28.1 Å². The van der Waals surface area contributed by atoms with Crippen LogP contribution in [0.3, 0.4) is 0 Å². The Morgan fingerprint density at radius 2 is 1.87 bits per heavy atom. The molecule has 3 heterocycles. The molecule has 31 heavy (non-hydrogen) atoms. The summed E-state index contributed by atoms with van der Waals surface area (Å²) in [6.07, 6.45) is 3.39. The summed E-state index contributed by atoms with van der Waals surface area (Å²) in [6.45, 7) is 1.74. The largest absolute Gasteiger partial charge is 0.465 e. The fourth-order valence-corrected chi connectivity index (χ4v) is 4.67. The Bertz CT molecular complexity index is 1340. The lowest BCUT2D eigenvalue weighted by Gasteiger charge is -2.30. The maximum atomic E-state index is 13.7. The number of halogens is 1. The van der Waals surface area contributed by atoms with Crippen molar-refractivity contribution in [1.29, 1.82) is 0 Å². The molecule has 2 aromatic carbocycles. The molecule has 5 rings (SSSR count). The number of benzene rings is 2. The highest BCUT2D eigenvalue weighted by atomic mass is 79.9. The molecular weight excluding hydrogens is 462 g/mol. The van der Waals surface area contributed by atoms with Gasteiger partial charge in [0.1, 0.15) is 12.5 Å². The Labute approximate surface area is 186 Å². The average Bonchev–Trinajstić information content (AvgIpc) is 3.48. The third-order valence-electron chi connectivity index (χ3n) is 5.77. The van der Waals surface area contributed by atoms with Crippen molar-refractivity contribution in [2.24, 2.45) is 0 Å². The van der Waals surface area contributed by atoms with Crippen LogP contribution in [0.1, 0.15) is 34.9 Å². The van der Waals surface area contributed by atoms with E-state index < -0.39 is 5.97 Å². The summed E-state index contributed by atoms with van der Waals surface area (Å²) in [4.78, 5) is 27.9. The smallest absolute Gasteiger partial charge is 0.337 e. The first-order chi connectivity index (χ1) is 15.1. The third kappa shape index (κ3) is 3.34. The molecule has 2 aromatic heterocycles. The van der Waals surface area contributed by atoms with Crippen molar-refractivity contribution in [3.05, 3.63) is 74.7 Å². The molecule has 1 aliphatic rings. The van der Waals surface area contributed by atoms with E-state index in [1.807, 2.05) is 34.7 Å². The normalized spacial score (nSPS) is 15.5. The zero-order valence-electron chi connectivity index (χ0n) is 16.9. The fraction of sp³-hybridized carbons (Fsp3) is 0.273. The number of esters is 1. The van der Waals surface area contributed by atoms with E-state index >= 15 is 0 Å². The van der Waals surface area contributed by atoms with Crippen LogP contribution in [0, 0.1) is 0 Å². The van der Waals surface area contributed by atoms with Crippen LogP contribution in [0.5, 0.6) is 0 Å². The molecule has 1 fully saturated rings. The van der Waals surface area contributed by atoms with E-state index in [4.69, 9.17) is 4.74 Å². The summed E-state index contributed by atoms with van der Waals surface area (Å²) in [5.41, 5.74) is 1.99. The molecule has 1 saturated heterocycles. The SMILES string of the molecule is COC(=O)c1ccc(C(N2CCCC2)n2c(=O)c3cc(Br)ccc3n3cnnc23)cc1. The van der Waals surface area contributed by atoms with Crippen LogP contribution in [-0.2, 0) is 4.74 Å². The van der Waals surface area contributed by atoms with Gasteiger partial charge in [-0.15, -0.1) is 10.2 Å². The minimum absolute atomic E-state index is 0.134. The molecule has 0 bridgehead atoms. The highest BCUT2D eigenvalue weighted by Crippen LogP contribution is 2.29. The van der Waals surface area contributed by atoms with Crippen LogP contribution in [0.4, 0.5) is 0 Å². The first-order valence-corrected chi connectivity index (χ1v) is 10.8. The van der Waals surface area contributed by atoms with Crippen molar-refractivity contribution in [2.45, 2.75) is 19.0 Å². The Morgan fingerprint density at radius 1 is 1.13 bits per heavy atom. The zero-order valence-corrected chi connectivity index (χ0v) is 18.4. The Hall–Kier alpha value is -3.04. The molecule has 9 heteroatoms. The number of fused-ring (bicyclic) bond motifs is 3. The van der Waals surface area contributed by atoms with Gasteiger partial charge in [-0.2, -0.15) is 0 Å². The second-order valence-corrected chi connectivity index (χ2v) is 8.48. The molecule has 0 aliphatic carbocycles. The number of rotatable bonds is 4. The van der Waals surface area contributed by atoms with Crippen molar-refractivity contribution in [3.63, 3.8) is 0 Å². The van der Waals surface area contributed by atoms with Crippen LogP contribution in [0.15, 0.2) is 58.1 Å². The lowest BCUT2D eigenvalue weighted by Crippen LogP contribution is -2.38. The number of methoxy groups -OCH3 is 1. The Kier molecular flexibility index (Phi) is 5.07. The number of ether oxygens (including phenoxy) is 1. The number of carbonyl (C=O) groups is 1. The first-order valence-electron chi connectivity index (χ1n) is 10.0. The molecule has 0 amide bonds. The second-order valence-electron chi connectivity index (χ2n) is 7.57. The maximum Gasteiger partial charge on any atom is 0.337 e. The van der Waals surface area contributed by atoms with E-state index in [0.717, 1.165) is 41.5 Å². The fourth-order valence-electron chi connectivity index (χ4n) is 4.31. The minimum atomic E-state index is -0.392. The van der Waals surface area contributed by atoms with E-state index in [0.29, 0.717) is 16.7 Å². The highest BCUT2D eigenvalue weighted by Gasteiger charge is 2.29. The van der Waals surface area contributed by atoms with Gasteiger partial charge in [0.25, 0.3) is 5.56 Å². The van der Waals surface area contributed by atoms with Gasteiger partial charge in [0.05, 0.1) is 23.6 Å². The molecule has 1 atom stereocenters. The van der Waals surface area contributed by atoms with E-state index in [-0.39, 0.29) is 11.7 Å². The van der Waals surface area contributed by atoms with Crippen LogP contribution >= 0.6 is 15.9 Å². The van der Waals surface area contributed by atoms with Gasteiger partial charge in [-0.3, -0.25) is 18.7 Å². The van der Waals surface area contributed by atoms with E-state index in [2.05, 4.69) is 31.0 Å². The predicted octanol–water partition coefficient (Wildman–Crippen LogP) is 3.24. The Balaban J connectivity index is 1.77. The van der Waals surface area contributed by atoms with Crippen LogP contribution < -0.4 is 5.56 Å². The van der Waals surface area contributed by atoms with Crippen molar-refractivity contribution >= 4 is 38.6 Å². The van der Waals surface area contributed by atoms with Gasteiger partial charge in [-0.05, 0) is 48.7 Å².